The van der Waals surface area contributed by atoms with E-state index in [1.807, 2.05) is 0 Å². The molecule has 0 unspecified atom stereocenters. The first-order valence-corrected chi connectivity index (χ1v) is 5.69. The lowest BCUT2D eigenvalue weighted by atomic mass is 10.3. The van der Waals surface area contributed by atoms with E-state index < -0.39 is 0 Å². The summed E-state index contributed by atoms with van der Waals surface area (Å²) in [5.41, 5.74) is 0. The number of unbranched alkanes of at least 4 members (excludes halogenated alkanes) is 1. The van der Waals surface area contributed by atoms with Gasteiger partial charge in [0.25, 0.3) is 5.91 Å². The second-order valence-corrected chi connectivity index (χ2v) is 4.38. The number of hydrogen-bond acceptors (Lipinski definition) is 5. The largest absolute Gasteiger partial charge is 0.385 e. The summed E-state index contributed by atoms with van der Waals surface area (Å²) >= 11 is 6.63. The van der Waals surface area contributed by atoms with E-state index in [4.69, 9.17) is 16.3 Å². The predicted octanol–water partition coefficient (Wildman–Crippen LogP) is 1.35. The highest BCUT2D eigenvalue weighted by atomic mass is 35.5. The van der Waals surface area contributed by atoms with E-state index in [-0.39, 0.29) is 10.4 Å². The zero-order chi connectivity index (χ0) is 11.1. The van der Waals surface area contributed by atoms with Crippen molar-refractivity contribution in [3.05, 3.63) is 9.47 Å². The van der Waals surface area contributed by atoms with Crippen LogP contribution in [0.1, 0.15) is 22.6 Å². The highest BCUT2D eigenvalue weighted by molar-refractivity contribution is 7.17. The molecule has 0 aliphatic heterocycles. The molecule has 1 rings (SSSR count). The molecule has 1 heterocycles. The number of nitrogens with one attached hydrogen (secondary N) is 1. The summed E-state index contributed by atoms with van der Waals surface area (Å²) in [5, 5.41) is 10.2. The fourth-order valence-electron chi connectivity index (χ4n) is 0.946. The van der Waals surface area contributed by atoms with Gasteiger partial charge in [0.1, 0.15) is 0 Å². The Morgan fingerprint density at radius 3 is 2.93 bits per heavy atom. The molecule has 0 bridgehead atoms. The van der Waals surface area contributed by atoms with Gasteiger partial charge in [-0.25, -0.2) is 0 Å². The standard InChI is InChI=1S/C8H12ClN3O2S/c1-14-5-3-2-4-10-6(13)7-11-12-8(9)15-7/h2-5H2,1H3,(H,10,13). The number of carbonyl (C=O) groups is 1. The summed E-state index contributed by atoms with van der Waals surface area (Å²) in [5.74, 6) is -0.225. The van der Waals surface area contributed by atoms with Crippen molar-refractivity contribution in [3.63, 3.8) is 0 Å². The minimum absolute atomic E-state index is 0.225. The van der Waals surface area contributed by atoms with Gasteiger partial charge in [0.2, 0.25) is 9.47 Å². The smallest absolute Gasteiger partial charge is 0.282 e. The maximum Gasteiger partial charge on any atom is 0.282 e. The normalized spacial score (nSPS) is 10.3. The number of nitrogens with zero attached hydrogens (tertiary/aromatic N) is 2. The van der Waals surface area contributed by atoms with Crippen LogP contribution in [-0.4, -0.2) is 36.4 Å². The SMILES string of the molecule is COCCCCNC(=O)c1nnc(Cl)s1. The molecular formula is C8H12ClN3O2S. The summed E-state index contributed by atoms with van der Waals surface area (Å²) in [4.78, 5) is 11.4. The molecule has 7 heteroatoms. The maximum atomic E-state index is 11.4. The van der Waals surface area contributed by atoms with Crippen LogP contribution in [0.5, 0.6) is 0 Å². The lowest BCUT2D eigenvalue weighted by Crippen LogP contribution is -2.24. The van der Waals surface area contributed by atoms with Crippen LogP contribution in [0.15, 0.2) is 0 Å². The van der Waals surface area contributed by atoms with Gasteiger partial charge in [0, 0.05) is 20.3 Å². The van der Waals surface area contributed by atoms with Crippen molar-refractivity contribution >= 4 is 28.8 Å². The van der Waals surface area contributed by atoms with Crippen molar-refractivity contribution in [1.82, 2.24) is 15.5 Å². The van der Waals surface area contributed by atoms with Gasteiger partial charge in [-0.2, -0.15) is 0 Å². The van der Waals surface area contributed by atoms with Gasteiger partial charge in [-0.15, -0.1) is 10.2 Å². The molecule has 1 amide bonds. The van der Waals surface area contributed by atoms with E-state index >= 15 is 0 Å². The molecule has 1 N–H and O–H groups in total. The molecule has 84 valence electrons. The summed E-state index contributed by atoms with van der Waals surface area (Å²) in [6, 6.07) is 0. The van der Waals surface area contributed by atoms with Gasteiger partial charge in [-0.1, -0.05) is 11.3 Å². The second-order valence-electron chi connectivity index (χ2n) is 2.82. The second kappa shape index (κ2) is 6.71. The van der Waals surface area contributed by atoms with Crippen LogP contribution in [0, 0.1) is 0 Å². The van der Waals surface area contributed by atoms with Crippen LogP contribution >= 0.6 is 22.9 Å². The quantitative estimate of drug-likeness (QED) is 0.773. The first-order valence-electron chi connectivity index (χ1n) is 4.50. The Kier molecular flexibility index (Phi) is 5.52. The number of rotatable bonds is 6. The molecule has 1 aromatic heterocycles. The number of carbonyl (C=O) groups excluding carboxylic acids is 1. The van der Waals surface area contributed by atoms with E-state index in [2.05, 4.69) is 15.5 Å². The molecule has 0 saturated carbocycles. The maximum absolute atomic E-state index is 11.4. The molecule has 0 aromatic carbocycles. The minimum atomic E-state index is -0.225. The van der Waals surface area contributed by atoms with Gasteiger partial charge in [0.05, 0.1) is 0 Å². The van der Waals surface area contributed by atoms with Crippen molar-refractivity contribution in [2.45, 2.75) is 12.8 Å². The van der Waals surface area contributed by atoms with Gasteiger partial charge in [0.15, 0.2) is 0 Å². The van der Waals surface area contributed by atoms with Gasteiger partial charge in [-0.05, 0) is 24.4 Å². The average molecular weight is 250 g/mol. The fraction of sp³-hybridized carbons (Fsp3) is 0.625. The third-order valence-electron chi connectivity index (χ3n) is 1.66. The fourth-order valence-corrected chi connectivity index (χ4v) is 1.69. The van der Waals surface area contributed by atoms with Gasteiger partial charge in [-0.3, -0.25) is 4.79 Å². The Balaban J connectivity index is 2.19. The molecule has 0 atom stereocenters. The Hall–Kier alpha value is -0.720. The van der Waals surface area contributed by atoms with E-state index in [1.54, 1.807) is 7.11 Å². The monoisotopic (exact) mass is 249 g/mol. The molecule has 5 nitrogen and oxygen atoms in total. The molecule has 15 heavy (non-hydrogen) atoms. The lowest BCUT2D eigenvalue weighted by Gasteiger charge is -2.01. The van der Waals surface area contributed by atoms with E-state index in [0.717, 1.165) is 24.2 Å². The number of hydrogen-bond donors (Lipinski definition) is 1. The molecule has 0 spiro atoms. The zero-order valence-corrected chi connectivity index (χ0v) is 9.90. The molecule has 0 aliphatic rings. The van der Waals surface area contributed by atoms with Crippen LogP contribution in [0.4, 0.5) is 0 Å². The molecule has 0 radical (unpaired) electrons. The van der Waals surface area contributed by atoms with Crippen LogP contribution in [-0.2, 0) is 4.74 Å². The number of aromatic nitrogens is 2. The number of halogens is 1. The van der Waals surface area contributed by atoms with Crippen LogP contribution in [0.25, 0.3) is 0 Å². The molecule has 0 aliphatic carbocycles. The Morgan fingerprint density at radius 2 is 2.33 bits per heavy atom. The van der Waals surface area contributed by atoms with Crippen molar-refractivity contribution in [2.24, 2.45) is 0 Å². The average Bonchev–Trinajstić information content (AvgIpc) is 2.64. The van der Waals surface area contributed by atoms with Crippen molar-refractivity contribution < 1.29 is 9.53 Å². The zero-order valence-electron chi connectivity index (χ0n) is 8.33. The molecule has 0 saturated heterocycles. The Bertz CT molecular complexity index is 319. The predicted molar refractivity (Wildman–Crippen MR) is 58.4 cm³/mol. The van der Waals surface area contributed by atoms with E-state index in [9.17, 15) is 4.79 Å². The van der Waals surface area contributed by atoms with Crippen molar-refractivity contribution in [2.75, 3.05) is 20.3 Å². The number of methoxy groups -OCH3 is 1. The van der Waals surface area contributed by atoms with Crippen LogP contribution in [0.2, 0.25) is 4.47 Å². The summed E-state index contributed by atoms with van der Waals surface area (Å²) < 4.78 is 5.16. The Labute approximate surface area is 96.8 Å². The summed E-state index contributed by atoms with van der Waals surface area (Å²) in [7, 11) is 1.65. The van der Waals surface area contributed by atoms with Crippen LogP contribution in [0.3, 0.4) is 0 Å². The van der Waals surface area contributed by atoms with Gasteiger partial charge >= 0.3 is 0 Å². The third-order valence-corrected chi connectivity index (χ3v) is 2.67. The molecule has 0 fully saturated rings. The number of amides is 1. The van der Waals surface area contributed by atoms with E-state index in [0.29, 0.717) is 18.2 Å². The highest BCUT2D eigenvalue weighted by Gasteiger charge is 2.10. The van der Waals surface area contributed by atoms with Gasteiger partial charge < -0.3 is 10.1 Å². The van der Waals surface area contributed by atoms with Crippen molar-refractivity contribution in [1.29, 1.82) is 0 Å². The molecule has 1 aromatic rings. The van der Waals surface area contributed by atoms with Crippen LogP contribution < -0.4 is 5.32 Å². The van der Waals surface area contributed by atoms with Crippen molar-refractivity contribution in [3.8, 4) is 0 Å². The first-order chi connectivity index (χ1) is 7.24. The highest BCUT2D eigenvalue weighted by Crippen LogP contribution is 2.14. The Morgan fingerprint density at radius 1 is 1.53 bits per heavy atom. The first kappa shape index (κ1) is 12.4. The number of ether oxygens (including phenoxy) is 1. The molecular weight excluding hydrogens is 238 g/mol. The van der Waals surface area contributed by atoms with E-state index in [1.165, 1.54) is 0 Å². The topological polar surface area (TPSA) is 64.1 Å². The minimum Gasteiger partial charge on any atom is -0.385 e. The summed E-state index contributed by atoms with van der Waals surface area (Å²) in [6.07, 6.45) is 1.81. The summed E-state index contributed by atoms with van der Waals surface area (Å²) in [6.45, 7) is 1.32. The lowest BCUT2D eigenvalue weighted by molar-refractivity contribution is 0.0950. The third kappa shape index (κ3) is 4.55.